The van der Waals surface area contributed by atoms with Crippen molar-refractivity contribution in [2.24, 2.45) is 5.92 Å². The second-order valence-corrected chi connectivity index (χ2v) is 7.36. The summed E-state index contributed by atoms with van der Waals surface area (Å²) >= 11 is 0. The minimum absolute atomic E-state index is 0.0323. The fourth-order valence-electron chi connectivity index (χ4n) is 3.25. The Morgan fingerprint density at radius 3 is 2.11 bits per heavy atom. The monoisotopic (exact) mass is 370 g/mol. The van der Waals surface area contributed by atoms with Crippen molar-refractivity contribution in [1.29, 1.82) is 0 Å². The van der Waals surface area contributed by atoms with Crippen LogP contribution in [-0.4, -0.2) is 68.0 Å². The van der Waals surface area contributed by atoms with E-state index in [0.29, 0.717) is 38.5 Å². The molecule has 1 aliphatic rings. The van der Waals surface area contributed by atoms with Gasteiger partial charge in [0, 0.05) is 26.2 Å². The van der Waals surface area contributed by atoms with Crippen molar-refractivity contribution in [1.82, 2.24) is 30.0 Å². The molecule has 8 heteroatoms. The van der Waals surface area contributed by atoms with Crippen molar-refractivity contribution in [2.45, 2.75) is 33.2 Å². The smallest absolute Gasteiger partial charge is 0.244 e. The predicted octanol–water partition coefficient (Wildman–Crippen LogP) is 0.785. The molecule has 1 aliphatic heterocycles. The standard InChI is InChI=1S/C19H26N6O2/c1-15(2)11-16-3-5-17(6-4-16)12-18(26)23-7-9-24(10-8-23)19(27)13-25-14-20-21-22-25/h3-6,14-15H,7-13H2,1-2H3. The first-order valence-electron chi connectivity index (χ1n) is 9.35. The number of benzene rings is 1. The molecule has 1 saturated heterocycles. The van der Waals surface area contributed by atoms with Crippen molar-refractivity contribution < 1.29 is 9.59 Å². The number of hydrogen-bond acceptors (Lipinski definition) is 5. The van der Waals surface area contributed by atoms with Crippen molar-refractivity contribution >= 4 is 11.8 Å². The molecule has 27 heavy (non-hydrogen) atoms. The largest absolute Gasteiger partial charge is 0.339 e. The number of carbonyl (C=O) groups excluding carboxylic acids is 2. The molecular weight excluding hydrogens is 344 g/mol. The number of rotatable bonds is 6. The highest BCUT2D eigenvalue weighted by Crippen LogP contribution is 2.12. The molecule has 0 radical (unpaired) electrons. The van der Waals surface area contributed by atoms with E-state index in [0.717, 1.165) is 12.0 Å². The van der Waals surface area contributed by atoms with Gasteiger partial charge in [-0.1, -0.05) is 38.1 Å². The van der Waals surface area contributed by atoms with Crippen LogP contribution >= 0.6 is 0 Å². The van der Waals surface area contributed by atoms with Crippen LogP contribution in [-0.2, 0) is 29.0 Å². The lowest BCUT2D eigenvalue weighted by molar-refractivity contribution is -0.139. The van der Waals surface area contributed by atoms with Crippen molar-refractivity contribution in [3.05, 3.63) is 41.7 Å². The Kier molecular flexibility index (Phi) is 6.16. The van der Waals surface area contributed by atoms with Gasteiger partial charge in [-0.25, -0.2) is 4.68 Å². The van der Waals surface area contributed by atoms with E-state index < -0.39 is 0 Å². The van der Waals surface area contributed by atoms with E-state index in [1.54, 1.807) is 4.90 Å². The van der Waals surface area contributed by atoms with Crippen LogP contribution in [0.4, 0.5) is 0 Å². The highest BCUT2D eigenvalue weighted by molar-refractivity contribution is 5.80. The lowest BCUT2D eigenvalue weighted by Crippen LogP contribution is -2.51. The third-order valence-corrected chi connectivity index (χ3v) is 4.70. The molecule has 2 aromatic rings. The van der Waals surface area contributed by atoms with E-state index in [2.05, 4.69) is 41.5 Å². The SMILES string of the molecule is CC(C)Cc1ccc(CC(=O)N2CCN(C(=O)Cn3cnnn3)CC2)cc1. The number of tetrazole rings is 1. The zero-order valence-corrected chi connectivity index (χ0v) is 15.9. The Morgan fingerprint density at radius 1 is 0.963 bits per heavy atom. The fraction of sp³-hybridized carbons (Fsp3) is 0.526. The van der Waals surface area contributed by atoms with Crippen LogP contribution in [0.1, 0.15) is 25.0 Å². The second-order valence-electron chi connectivity index (χ2n) is 7.36. The van der Waals surface area contributed by atoms with Crippen LogP contribution in [0.3, 0.4) is 0 Å². The van der Waals surface area contributed by atoms with E-state index in [1.807, 2.05) is 17.0 Å². The Bertz CT molecular complexity index is 749. The minimum Gasteiger partial charge on any atom is -0.339 e. The predicted molar refractivity (Wildman–Crippen MR) is 99.7 cm³/mol. The van der Waals surface area contributed by atoms with Gasteiger partial charge in [-0.05, 0) is 33.9 Å². The van der Waals surface area contributed by atoms with Crippen LogP contribution in [0.5, 0.6) is 0 Å². The first-order chi connectivity index (χ1) is 13.0. The zero-order chi connectivity index (χ0) is 19.2. The van der Waals surface area contributed by atoms with Gasteiger partial charge in [0.25, 0.3) is 0 Å². The number of piperazine rings is 1. The number of carbonyl (C=O) groups is 2. The highest BCUT2D eigenvalue weighted by Gasteiger charge is 2.24. The molecule has 3 rings (SSSR count). The molecule has 0 unspecified atom stereocenters. The summed E-state index contributed by atoms with van der Waals surface area (Å²) in [6.07, 6.45) is 2.87. The van der Waals surface area contributed by atoms with Gasteiger partial charge in [0.15, 0.2) is 0 Å². The number of amides is 2. The Hall–Kier alpha value is -2.77. The van der Waals surface area contributed by atoms with Gasteiger partial charge < -0.3 is 9.80 Å². The Labute approximate surface area is 159 Å². The molecule has 0 N–H and O–H groups in total. The average molecular weight is 370 g/mol. The molecule has 0 atom stereocenters. The quantitative estimate of drug-likeness (QED) is 0.750. The Morgan fingerprint density at radius 2 is 1.56 bits per heavy atom. The van der Waals surface area contributed by atoms with Gasteiger partial charge >= 0.3 is 0 Å². The van der Waals surface area contributed by atoms with Crippen LogP contribution in [0.15, 0.2) is 30.6 Å². The number of hydrogen-bond donors (Lipinski definition) is 0. The minimum atomic E-state index is -0.0323. The third-order valence-electron chi connectivity index (χ3n) is 4.70. The van der Waals surface area contributed by atoms with Gasteiger partial charge in [0.1, 0.15) is 12.9 Å². The van der Waals surface area contributed by atoms with E-state index >= 15 is 0 Å². The Balaban J connectivity index is 1.46. The number of nitrogens with zero attached hydrogens (tertiary/aromatic N) is 6. The molecule has 0 aliphatic carbocycles. The third kappa shape index (κ3) is 5.35. The lowest BCUT2D eigenvalue weighted by Gasteiger charge is -2.34. The maximum absolute atomic E-state index is 12.6. The molecule has 0 spiro atoms. The molecule has 8 nitrogen and oxygen atoms in total. The van der Waals surface area contributed by atoms with E-state index in [9.17, 15) is 9.59 Å². The zero-order valence-electron chi connectivity index (χ0n) is 15.9. The van der Waals surface area contributed by atoms with E-state index in [1.165, 1.54) is 16.6 Å². The van der Waals surface area contributed by atoms with Gasteiger partial charge in [-0.15, -0.1) is 5.10 Å². The summed E-state index contributed by atoms with van der Waals surface area (Å²) in [6.45, 7) is 6.73. The van der Waals surface area contributed by atoms with E-state index in [-0.39, 0.29) is 18.4 Å². The highest BCUT2D eigenvalue weighted by atomic mass is 16.2. The molecule has 1 aromatic carbocycles. The second kappa shape index (κ2) is 8.75. The first kappa shape index (κ1) is 19.0. The number of aromatic nitrogens is 4. The normalized spacial score (nSPS) is 14.6. The van der Waals surface area contributed by atoms with Gasteiger partial charge in [0.05, 0.1) is 6.42 Å². The summed E-state index contributed by atoms with van der Waals surface area (Å²) < 4.78 is 1.41. The van der Waals surface area contributed by atoms with Gasteiger partial charge in [-0.3, -0.25) is 9.59 Å². The van der Waals surface area contributed by atoms with Crippen molar-refractivity contribution in [3.63, 3.8) is 0 Å². The molecule has 1 fully saturated rings. The molecule has 2 heterocycles. The average Bonchev–Trinajstić information content (AvgIpc) is 3.16. The molecule has 1 aromatic heterocycles. The van der Waals surface area contributed by atoms with Crippen LogP contribution in [0.25, 0.3) is 0 Å². The van der Waals surface area contributed by atoms with Gasteiger partial charge in [0.2, 0.25) is 11.8 Å². The molecule has 2 amide bonds. The van der Waals surface area contributed by atoms with Gasteiger partial charge in [-0.2, -0.15) is 0 Å². The van der Waals surface area contributed by atoms with Crippen molar-refractivity contribution in [3.8, 4) is 0 Å². The lowest BCUT2D eigenvalue weighted by atomic mass is 10.0. The topological polar surface area (TPSA) is 84.2 Å². The molecular formula is C19H26N6O2. The summed E-state index contributed by atoms with van der Waals surface area (Å²) in [5.74, 6) is 0.701. The molecule has 144 valence electrons. The fourth-order valence-corrected chi connectivity index (χ4v) is 3.25. The first-order valence-corrected chi connectivity index (χ1v) is 9.35. The van der Waals surface area contributed by atoms with Crippen LogP contribution < -0.4 is 0 Å². The van der Waals surface area contributed by atoms with E-state index in [4.69, 9.17) is 0 Å². The maximum Gasteiger partial charge on any atom is 0.244 e. The molecule has 0 saturated carbocycles. The summed E-state index contributed by atoms with van der Waals surface area (Å²) in [7, 11) is 0. The van der Waals surface area contributed by atoms with Crippen molar-refractivity contribution in [2.75, 3.05) is 26.2 Å². The summed E-state index contributed by atoms with van der Waals surface area (Å²) in [5.41, 5.74) is 2.33. The maximum atomic E-state index is 12.6. The molecule has 0 bridgehead atoms. The summed E-state index contributed by atoms with van der Waals surface area (Å²) in [5, 5.41) is 10.8. The summed E-state index contributed by atoms with van der Waals surface area (Å²) in [4.78, 5) is 28.4. The van der Waals surface area contributed by atoms with Crippen LogP contribution in [0, 0.1) is 5.92 Å². The van der Waals surface area contributed by atoms with Crippen LogP contribution in [0.2, 0.25) is 0 Å². The summed E-state index contributed by atoms with van der Waals surface area (Å²) in [6, 6.07) is 8.31.